The Hall–Kier alpha value is -3.96. The maximum atomic E-state index is 9.93. The molecule has 0 saturated carbocycles. The molecule has 0 amide bonds. The van der Waals surface area contributed by atoms with Crippen LogP contribution in [-0.4, -0.2) is 83.0 Å². The lowest BCUT2D eigenvalue weighted by molar-refractivity contribution is 0.183. The summed E-state index contributed by atoms with van der Waals surface area (Å²) in [6.45, 7) is 12.4. The second kappa shape index (κ2) is 30.1. The zero-order valence-electron chi connectivity index (χ0n) is 42.0. The molecule has 6 aromatic carbocycles. The largest absolute Gasteiger partial charge is 0.508 e. The third-order valence-corrected chi connectivity index (χ3v) is 14.5. The Morgan fingerprint density at radius 1 is 0.514 bits per heavy atom. The van der Waals surface area contributed by atoms with Crippen molar-refractivity contribution in [2.75, 3.05) is 64.9 Å². The third kappa shape index (κ3) is 17.5. The van der Waals surface area contributed by atoms with Crippen LogP contribution in [-0.2, 0) is 0 Å². The van der Waals surface area contributed by atoms with E-state index in [9.17, 15) is 5.11 Å². The third-order valence-electron chi connectivity index (χ3n) is 12.5. The minimum atomic E-state index is 0.194. The van der Waals surface area contributed by atoms with E-state index in [1.165, 1.54) is 79.3 Å². The van der Waals surface area contributed by atoms with E-state index >= 15 is 0 Å². The van der Waals surface area contributed by atoms with Crippen molar-refractivity contribution in [2.45, 2.75) is 52.4 Å². The first kappa shape index (κ1) is 57.7. The molecular formula is C58H62BBr3Cl2N2O6S2. The van der Waals surface area contributed by atoms with Gasteiger partial charge in [0.25, 0.3) is 0 Å². The SMILES string of the molecule is BrB(Br)Br.COc1ccc2c(Oc3ccc(OCCN4CCCCC4)cc3)c(-c3ccc(C)s3)ccc2c1.Cc1ccc(-c2ccc3cc(O)ccc3c2Oc2ccc(OCCN3CCCCC3)cc2)s1.ClCCl. The van der Waals surface area contributed by atoms with Gasteiger partial charge in [0.1, 0.15) is 59.2 Å². The van der Waals surface area contributed by atoms with Gasteiger partial charge in [0.2, 0.25) is 0 Å². The number of piperidine rings is 2. The number of hydrogen-bond acceptors (Lipinski definition) is 10. The van der Waals surface area contributed by atoms with Crippen molar-refractivity contribution < 1.29 is 28.8 Å². The highest BCUT2D eigenvalue weighted by atomic mass is 79.9. The second-order valence-electron chi connectivity index (χ2n) is 17.7. The van der Waals surface area contributed by atoms with Crippen LogP contribution in [0.1, 0.15) is 48.3 Å². The maximum Gasteiger partial charge on any atom is 0.369 e. The number of phenolic OH excluding ortho intramolecular Hbond substituents is 1. The Morgan fingerprint density at radius 3 is 1.31 bits per heavy atom. The summed E-state index contributed by atoms with van der Waals surface area (Å²) in [4.78, 5) is 9.87. The van der Waals surface area contributed by atoms with Gasteiger partial charge in [0.05, 0.1) is 12.4 Å². The van der Waals surface area contributed by atoms with E-state index in [2.05, 4.69) is 119 Å². The molecule has 2 fully saturated rings. The van der Waals surface area contributed by atoms with E-state index in [0.29, 0.717) is 13.2 Å². The number of alkyl halides is 2. The Labute approximate surface area is 479 Å². The summed E-state index contributed by atoms with van der Waals surface area (Å²) in [5.41, 5.74) is 2.14. The predicted octanol–water partition coefficient (Wildman–Crippen LogP) is 18.4. The number of aromatic hydroxyl groups is 1. The van der Waals surface area contributed by atoms with Gasteiger partial charge in [-0.3, -0.25) is 9.80 Å². The van der Waals surface area contributed by atoms with Crippen molar-refractivity contribution in [3.05, 3.63) is 143 Å². The summed E-state index contributed by atoms with van der Waals surface area (Å²) >= 11 is 22.4. The van der Waals surface area contributed by atoms with Crippen LogP contribution in [0.15, 0.2) is 133 Å². The monoisotopic (exact) mass is 1260 g/mol. The van der Waals surface area contributed by atoms with Crippen LogP contribution in [0, 0.1) is 13.8 Å². The molecule has 0 radical (unpaired) electrons. The number of halogens is 5. The highest BCUT2D eigenvalue weighted by Gasteiger charge is 2.17. The number of thiophene rings is 2. The molecule has 2 saturated heterocycles. The first-order valence-electron chi connectivity index (χ1n) is 24.8. The van der Waals surface area contributed by atoms with Crippen LogP contribution in [0.25, 0.3) is 42.4 Å². The van der Waals surface area contributed by atoms with Crippen LogP contribution in [0.5, 0.6) is 46.0 Å². The fourth-order valence-electron chi connectivity index (χ4n) is 8.86. The van der Waals surface area contributed by atoms with Gasteiger partial charge in [-0.15, -0.1) is 93.1 Å². The van der Waals surface area contributed by atoms with Crippen LogP contribution in [0.4, 0.5) is 0 Å². The smallest absolute Gasteiger partial charge is 0.369 e. The number of benzene rings is 6. The fourth-order valence-corrected chi connectivity index (χ4v) is 10.6. The Morgan fingerprint density at radius 2 is 0.905 bits per heavy atom. The average molecular weight is 1270 g/mol. The molecule has 1 N–H and O–H groups in total. The lowest BCUT2D eigenvalue weighted by Gasteiger charge is -2.26. The molecule has 0 bridgehead atoms. The number of rotatable bonds is 15. The number of ether oxygens (including phenoxy) is 5. The number of nitrogens with zero attached hydrogens (tertiary/aromatic N) is 2. The number of methoxy groups -OCH3 is 1. The van der Waals surface area contributed by atoms with Crippen molar-refractivity contribution in [3.63, 3.8) is 0 Å². The van der Waals surface area contributed by atoms with Crippen molar-refractivity contribution in [1.29, 1.82) is 0 Å². The van der Waals surface area contributed by atoms with Gasteiger partial charge in [-0.25, -0.2) is 0 Å². The van der Waals surface area contributed by atoms with E-state index in [0.717, 1.165) is 90.9 Å². The van der Waals surface area contributed by atoms with Crippen LogP contribution in [0.3, 0.4) is 0 Å². The molecule has 0 atom stereocenters. The van der Waals surface area contributed by atoms with E-state index < -0.39 is 0 Å². The summed E-state index contributed by atoms with van der Waals surface area (Å²) in [6.07, 6.45) is 7.92. The lowest BCUT2D eigenvalue weighted by Crippen LogP contribution is -2.33. The molecule has 0 spiro atoms. The van der Waals surface area contributed by atoms with Gasteiger partial charge in [-0.1, -0.05) is 25.0 Å². The first-order chi connectivity index (χ1) is 36.0. The molecule has 390 valence electrons. The second-order valence-corrected chi connectivity index (χ2v) is 27.5. The van der Waals surface area contributed by atoms with Crippen LogP contribution < -0.4 is 23.7 Å². The standard InChI is InChI=1S/C29H31NO3S.C28H29NO3S.CH2Cl2.BBr3/c1-21-6-15-28(34-21)27-13-7-22-20-25(31-2)12-14-26(22)29(27)33-24-10-8-23(9-11-24)32-19-18-30-16-4-3-5-17-30;1-20-5-14-27(33-20)26-12-6-21-19-22(30)7-13-25(21)28(26)32-24-10-8-23(9-11-24)31-18-17-29-15-3-2-4-16-29;2-1-3;2-1(3)4/h6-15,20H,3-5,16-19H2,1-2H3;5-14,19,30H,2-4,15-18H2,1H3;1H2;. The van der Waals surface area contributed by atoms with Crippen molar-refractivity contribution in [1.82, 2.24) is 9.80 Å². The molecule has 10 rings (SSSR count). The average Bonchev–Trinajstić information content (AvgIpc) is 4.05. The summed E-state index contributed by atoms with van der Waals surface area (Å²) < 4.78 is 30.6. The van der Waals surface area contributed by atoms with Gasteiger partial charge >= 0.3 is 3.18 Å². The topological polar surface area (TPSA) is 72.9 Å². The van der Waals surface area contributed by atoms with Crippen molar-refractivity contribution in [2.24, 2.45) is 0 Å². The summed E-state index contributed by atoms with van der Waals surface area (Å²) in [5, 5.41) is 14.2. The number of likely N-dealkylation sites (tertiary alicyclic amines) is 2. The molecule has 4 heterocycles. The van der Waals surface area contributed by atoms with Crippen LogP contribution >= 0.6 is 93.1 Å². The molecule has 8 aromatic rings. The first-order valence-corrected chi connectivity index (χ1v) is 30.3. The molecule has 2 aromatic heterocycles. The zero-order valence-corrected chi connectivity index (χ0v) is 49.9. The van der Waals surface area contributed by atoms with E-state index in [-0.39, 0.29) is 14.3 Å². The van der Waals surface area contributed by atoms with Gasteiger partial charge in [0.15, 0.2) is 0 Å². The van der Waals surface area contributed by atoms with Gasteiger partial charge in [0, 0.05) is 54.5 Å². The number of aryl methyl sites for hydroxylation is 2. The molecular weight excluding hydrogens is 1210 g/mol. The van der Waals surface area contributed by atoms with Gasteiger partial charge in [-0.2, -0.15) is 0 Å². The van der Waals surface area contributed by atoms with E-state index in [1.807, 2.05) is 72.8 Å². The Balaban J connectivity index is 0.000000192. The van der Waals surface area contributed by atoms with Crippen molar-refractivity contribution >= 4 is 118 Å². The van der Waals surface area contributed by atoms with Gasteiger partial charge in [-0.05, 0) is 198 Å². The van der Waals surface area contributed by atoms with Crippen LogP contribution in [0.2, 0.25) is 0 Å². The molecule has 2 aliphatic rings. The summed E-state index contributed by atoms with van der Waals surface area (Å²) in [5.74, 6) is 6.03. The minimum Gasteiger partial charge on any atom is -0.508 e. The van der Waals surface area contributed by atoms with Crippen molar-refractivity contribution in [3.8, 4) is 66.9 Å². The number of phenols is 1. The molecule has 0 aliphatic carbocycles. The van der Waals surface area contributed by atoms with E-state index in [1.54, 1.807) is 41.9 Å². The fraction of sp³-hybridized carbons (Fsp3) is 0.310. The maximum absolute atomic E-state index is 9.93. The quantitative estimate of drug-likeness (QED) is 0.0804. The number of fused-ring (bicyclic) bond motifs is 2. The molecule has 74 heavy (non-hydrogen) atoms. The molecule has 2 aliphatic heterocycles. The number of hydrogen-bond donors (Lipinski definition) is 1. The van der Waals surface area contributed by atoms with E-state index in [4.69, 9.17) is 46.9 Å². The Kier molecular flexibility index (Phi) is 23.5. The highest BCUT2D eigenvalue weighted by molar-refractivity contribution is 9.69. The predicted molar refractivity (Wildman–Crippen MR) is 326 cm³/mol. The molecule has 8 nitrogen and oxygen atoms in total. The zero-order chi connectivity index (χ0) is 52.2. The summed E-state index contributed by atoms with van der Waals surface area (Å²) in [6, 6.07) is 44.3. The normalized spacial score (nSPS) is 13.6. The molecule has 16 heteroatoms. The summed E-state index contributed by atoms with van der Waals surface area (Å²) in [7, 11) is 1.69. The lowest BCUT2D eigenvalue weighted by atomic mass is 10.0. The minimum absolute atomic E-state index is 0.194. The van der Waals surface area contributed by atoms with Gasteiger partial charge < -0.3 is 28.8 Å². The highest BCUT2D eigenvalue weighted by Crippen LogP contribution is 2.44. The Bertz CT molecular complexity index is 2970. The molecule has 0 unspecified atom stereocenters.